The number of halogens is 1. The number of hydrogen-bond acceptors (Lipinski definition) is 3. The Hall–Kier alpha value is -2.07. The Kier molecular flexibility index (Phi) is 3.10. The van der Waals surface area contributed by atoms with Crippen LogP contribution in [0.2, 0.25) is 5.02 Å². The molecule has 0 saturated carbocycles. The zero-order chi connectivity index (χ0) is 14.3. The fourth-order valence-corrected chi connectivity index (χ4v) is 2.63. The number of ketones is 1. The minimum absolute atomic E-state index is 0.0850. The maximum atomic E-state index is 12.5. The van der Waals surface area contributed by atoms with Gasteiger partial charge in [-0.3, -0.25) is 9.59 Å². The van der Waals surface area contributed by atoms with E-state index in [0.717, 1.165) is 5.56 Å². The highest BCUT2D eigenvalue weighted by Crippen LogP contribution is 2.31. The normalized spacial score (nSPS) is 13.2. The van der Waals surface area contributed by atoms with Gasteiger partial charge in [0, 0.05) is 17.7 Å². The van der Waals surface area contributed by atoms with Crippen LogP contribution in [-0.2, 0) is 17.6 Å². The SMILES string of the molecule is CCc1occc1C(=O)c1cc2c(cc1Cl)NC(=O)C2. The van der Waals surface area contributed by atoms with Crippen LogP contribution in [0.4, 0.5) is 5.69 Å². The van der Waals surface area contributed by atoms with Crippen LogP contribution in [0.5, 0.6) is 0 Å². The van der Waals surface area contributed by atoms with Crippen LogP contribution in [0.25, 0.3) is 0 Å². The summed E-state index contributed by atoms with van der Waals surface area (Å²) < 4.78 is 5.28. The third-order valence-corrected chi connectivity index (χ3v) is 3.69. The topological polar surface area (TPSA) is 59.3 Å². The predicted octanol–water partition coefficient (Wildman–Crippen LogP) is 3.22. The van der Waals surface area contributed by atoms with E-state index in [1.165, 1.54) is 6.26 Å². The molecule has 0 atom stereocenters. The fourth-order valence-electron chi connectivity index (χ4n) is 2.38. The first-order valence-corrected chi connectivity index (χ1v) is 6.71. The summed E-state index contributed by atoms with van der Waals surface area (Å²) in [6, 6.07) is 4.96. The molecule has 1 aromatic heterocycles. The monoisotopic (exact) mass is 289 g/mol. The Morgan fingerprint density at radius 2 is 2.20 bits per heavy atom. The van der Waals surface area contributed by atoms with Crippen molar-refractivity contribution in [1.82, 2.24) is 0 Å². The van der Waals surface area contributed by atoms with Gasteiger partial charge in [-0.2, -0.15) is 0 Å². The second-order valence-corrected chi connectivity index (χ2v) is 5.06. The lowest BCUT2D eigenvalue weighted by Crippen LogP contribution is -2.04. The average Bonchev–Trinajstić information content (AvgIpc) is 3.01. The Morgan fingerprint density at radius 3 is 2.95 bits per heavy atom. The summed E-state index contributed by atoms with van der Waals surface area (Å²) in [5, 5.41) is 3.04. The highest BCUT2D eigenvalue weighted by molar-refractivity contribution is 6.35. The van der Waals surface area contributed by atoms with E-state index < -0.39 is 0 Å². The molecule has 0 unspecified atom stereocenters. The van der Waals surface area contributed by atoms with Gasteiger partial charge in [-0.15, -0.1) is 0 Å². The molecule has 102 valence electrons. The third-order valence-electron chi connectivity index (χ3n) is 3.37. The van der Waals surface area contributed by atoms with Crippen LogP contribution in [-0.4, -0.2) is 11.7 Å². The molecular weight excluding hydrogens is 278 g/mol. The van der Waals surface area contributed by atoms with Crippen LogP contribution >= 0.6 is 11.6 Å². The van der Waals surface area contributed by atoms with E-state index >= 15 is 0 Å². The first-order chi connectivity index (χ1) is 9.60. The molecule has 20 heavy (non-hydrogen) atoms. The van der Waals surface area contributed by atoms with Gasteiger partial charge < -0.3 is 9.73 Å². The molecule has 5 heteroatoms. The molecule has 1 aliphatic heterocycles. The molecule has 0 radical (unpaired) electrons. The van der Waals surface area contributed by atoms with Gasteiger partial charge in [0.2, 0.25) is 5.91 Å². The summed E-state index contributed by atoms with van der Waals surface area (Å²) in [4.78, 5) is 23.9. The lowest BCUT2D eigenvalue weighted by atomic mass is 10.00. The van der Waals surface area contributed by atoms with Gasteiger partial charge in [0.05, 0.1) is 23.3 Å². The minimum Gasteiger partial charge on any atom is -0.469 e. The van der Waals surface area contributed by atoms with Gasteiger partial charge in [0.15, 0.2) is 5.78 Å². The first-order valence-electron chi connectivity index (χ1n) is 6.33. The molecule has 0 fully saturated rings. The molecule has 0 aliphatic carbocycles. The number of benzene rings is 1. The molecule has 2 aromatic rings. The number of carbonyl (C=O) groups excluding carboxylic acids is 2. The highest BCUT2D eigenvalue weighted by atomic mass is 35.5. The number of hydrogen-bond donors (Lipinski definition) is 1. The summed E-state index contributed by atoms with van der Waals surface area (Å²) in [5.41, 5.74) is 2.40. The lowest BCUT2D eigenvalue weighted by molar-refractivity contribution is -0.115. The van der Waals surface area contributed by atoms with Crippen molar-refractivity contribution in [2.24, 2.45) is 0 Å². The Labute approximate surface area is 120 Å². The third kappa shape index (κ3) is 2.02. The van der Waals surface area contributed by atoms with Gasteiger partial charge >= 0.3 is 0 Å². The summed E-state index contributed by atoms with van der Waals surface area (Å²) in [6.45, 7) is 1.92. The van der Waals surface area contributed by atoms with Crippen molar-refractivity contribution in [1.29, 1.82) is 0 Å². The summed E-state index contributed by atoms with van der Waals surface area (Å²) in [7, 11) is 0. The number of aryl methyl sites for hydroxylation is 1. The zero-order valence-electron chi connectivity index (χ0n) is 10.8. The summed E-state index contributed by atoms with van der Waals surface area (Å²) in [6.07, 6.45) is 2.41. The Morgan fingerprint density at radius 1 is 1.40 bits per heavy atom. The molecule has 0 saturated heterocycles. The largest absolute Gasteiger partial charge is 0.469 e. The zero-order valence-corrected chi connectivity index (χ0v) is 11.6. The standard InChI is InChI=1S/C15H12ClNO3/c1-2-13-9(3-4-20-13)15(19)10-5-8-6-14(18)17-12(8)7-11(10)16/h3-5,7H,2,6H2,1H3,(H,17,18). The first kappa shape index (κ1) is 12.9. The molecule has 1 N–H and O–H groups in total. The van der Waals surface area contributed by atoms with E-state index in [2.05, 4.69) is 5.32 Å². The average molecular weight is 290 g/mol. The molecule has 2 heterocycles. The van der Waals surface area contributed by atoms with Gasteiger partial charge in [0.25, 0.3) is 0 Å². The number of nitrogens with one attached hydrogen (secondary N) is 1. The van der Waals surface area contributed by atoms with Crippen LogP contribution < -0.4 is 5.32 Å². The molecular formula is C15H12ClNO3. The second kappa shape index (κ2) is 4.80. The van der Waals surface area contributed by atoms with Crippen LogP contribution in [0.3, 0.4) is 0 Å². The van der Waals surface area contributed by atoms with Crippen molar-refractivity contribution in [3.63, 3.8) is 0 Å². The smallest absolute Gasteiger partial charge is 0.228 e. The molecule has 3 rings (SSSR count). The maximum Gasteiger partial charge on any atom is 0.228 e. The van der Waals surface area contributed by atoms with Crippen molar-refractivity contribution in [3.05, 3.63) is 51.9 Å². The van der Waals surface area contributed by atoms with E-state index in [1.54, 1.807) is 18.2 Å². The van der Waals surface area contributed by atoms with Gasteiger partial charge in [-0.1, -0.05) is 18.5 Å². The molecule has 4 nitrogen and oxygen atoms in total. The van der Waals surface area contributed by atoms with Crippen molar-refractivity contribution in [2.45, 2.75) is 19.8 Å². The number of anilines is 1. The maximum absolute atomic E-state index is 12.5. The summed E-state index contributed by atoms with van der Waals surface area (Å²) in [5.74, 6) is 0.377. The van der Waals surface area contributed by atoms with Crippen LogP contribution in [0, 0.1) is 0 Å². The van der Waals surface area contributed by atoms with Gasteiger partial charge in [-0.25, -0.2) is 0 Å². The number of carbonyl (C=O) groups is 2. The second-order valence-electron chi connectivity index (χ2n) is 4.65. The minimum atomic E-state index is -0.178. The van der Waals surface area contributed by atoms with Gasteiger partial charge in [0.1, 0.15) is 5.76 Å². The van der Waals surface area contributed by atoms with Crippen molar-refractivity contribution >= 4 is 29.0 Å². The van der Waals surface area contributed by atoms with E-state index in [-0.39, 0.29) is 18.1 Å². The quantitative estimate of drug-likeness (QED) is 0.883. The molecule has 1 aromatic carbocycles. The summed E-state index contributed by atoms with van der Waals surface area (Å²) >= 11 is 6.16. The molecule has 0 bridgehead atoms. The lowest BCUT2D eigenvalue weighted by Gasteiger charge is -2.06. The van der Waals surface area contributed by atoms with Crippen molar-refractivity contribution in [3.8, 4) is 0 Å². The molecule has 1 amide bonds. The van der Waals surface area contributed by atoms with E-state index in [1.807, 2.05) is 6.92 Å². The molecule has 1 aliphatic rings. The van der Waals surface area contributed by atoms with Crippen molar-refractivity contribution in [2.75, 3.05) is 5.32 Å². The Bertz CT molecular complexity index is 718. The number of fused-ring (bicyclic) bond motifs is 1. The number of amides is 1. The molecule has 0 spiro atoms. The number of rotatable bonds is 3. The van der Waals surface area contributed by atoms with E-state index in [0.29, 0.717) is 34.0 Å². The van der Waals surface area contributed by atoms with E-state index in [9.17, 15) is 9.59 Å². The highest BCUT2D eigenvalue weighted by Gasteiger charge is 2.24. The van der Waals surface area contributed by atoms with Crippen LogP contribution in [0.15, 0.2) is 28.9 Å². The van der Waals surface area contributed by atoms with Crippen LogP contribution in [0.1, 0.15) is 34.2 Å². The Balaban J connectivity index is 2.05. The predicted molar refractivity (Wildman–Crippen MR) is 75.3 cm³/mol. The van der Waals surface area contributed by atoms with E-state index in [4.69, 9.17) is 16.0 Å². The fraction of sp³-hybridized carbons (Fsp3) is 0.200. The van der Waals surface area contributed by atoms with Gasteiger partial charge in [-0.05, 0) is 23.8 Å². The van der Waals surface area contributed by atoms with Crippen molar-refractivity contribution < 1.29 is 14.0 Å². The number of furan rings is 1.